The molecule has 1 atom stereocenters. The Labute approximate surface area is 97.9 Å². The molecule has 0 saturated carbocycles. The van der Waals surface area contributed by atoms with Crippen molar-refractivity contribution in [3.05, 3.63) is 35.9 Å². The van der Waals surface area contributed by atoms with E-state index in [0.717, 1.165) is 5.56 Å². The summed E-state index contributed by atoms with van der Waals surface area (Å²) >= 11 is 3.27. The van der Waals surface area contributed by atoms with E-state index in [1.54, 1.807) is 0 Å². The molecular formula is C11H14BrNO2. The number of hydrogen-bond donors (Lipinski definition) is 1. The maximum Gasteiger partial charge on any atom is 0.407 e. The first kappa shape index (κ1) is 12.0. The molecule has 1 aromatic rings. The van der Waals surface area contributed by atoms with Crippen molar-refractivity contribution in [2.75, 3.05) is 5.33 Å². The molecule has 1 aromatic carbocycles. The van der Waals surface area contributed by atoms with Crippen LogP contribution in [0.3, 0.4) is 0 Å². The number of ether oxygens (including phenoxy) is 1. The highest BCUT2D eigenvalue weighted by Crippen LogP contribution is 2.00. The largest absolute Gasteiger partial charge is 0.445 e. The van der Waals surface area contributed by atoms with Gasteiger partial charge in [-0.25, -0.2) is 4.79 Å². The fourth-order valence-electron chi connectivity index (χ4n) is 1.00. The van der Waals surface area contributed by atoms with Gasteiger partial charge in [-0.2, -0.15) is 0 Å². The SMILES string of the molecule is CC(CBr)NC(=O)OCc1ccccc1. The van der Waals surface area contributed by atoms with Gasteiger partial charge in [-0.1, -0.05) is 46.3 Å². The third-order valence-corrected chi connectivity index (χ3v) is 2.78. The van der Waals surface area contributed by atoms with Gasteiger partial charge in [0.25, 0.3) is 0 Å². The molecule has 1 unspecified atom stereocenters. The number of carbonyl (C=O) groups is 1. The monoisotopic (exact) mass is 271 g/mol. The number of alkyl halides is 1. The van der Waals surface area contributed by atoms with Gasteiger partial charge in [0.15, 0.2) is 0 Å². The van der Waals surface area contributed by atoms with Crippen LogP contribution in [0.4, 0.5) is 4.79 Å². The highest BCUT2D eigenvalue weighted by atomic mass is 79.9. The molecule has 82 valence electrons. The van der Waals surface area contributed by atoms with Crippen molar-refractivity contribution in [2.24, 2.45) is 0 Å². The molecule has 15 heavy (non-hydrogen) atoms. The Kier molecular flexibility index (Phi) is 5.18. The van der Waals surface area contributed by atoms with E-state index in [2.05, 4.69) is 21.2 Å². The smallest absolute Gasteiger partial charge is 0.407 e. The van der Waals surface area contributed by atoms with E-state index < -0.39 is 0 Å². The van der Waals surface area contributed by atoms with Gasteiger partial charge in [0, 0.05) is 11.4 Å². The lowest BCUT2D eigenvalue weighted by atomic mass is 10.2. The van der Waals surface area contributed by atoms with Crippen LogP contribution in [0.5, 0.6) is 0 Å². The molecule has 3 nitrogen and oxygen atoms in total. The van der Waals surface area contributed by atoms with Crippen LogP contribution in [0.1, 0.15) is 12.5 Å². The number of hydrogen-bond acceptors (Lipinski definition) is 2. The average Bonchev–Trinajstić information content (AvgIpc) is 2.27. The van der Waals surface area contributed by atoms with Crippen LogP contribution in [-0.4, -0.2) is 17.5 Å². The summed E-state index contributed by atoms with van der Waals surface area (Å²) in [4.78, 5) is 11.2. The summed E-state index contributed by atoms with van der Waals surface area (Å²) in [5.74, 6) is 0. The summed E-state index contributed by atoms with van der Waals surface area (Å²) in [6, 6.07) is 9.67. The predicted molar refractivity (Wildman–Crippen MR) is 63.0 cm³/mol. The van der Waals surface area contributed by atoms with Gasteiger partial charge in [0.05, 0.1) is 0 Å². The van der Waals surface area contributed by atoms with E-state index >= 15 is 0 Å². The molecule has 1 N–H and O–H groups in total. The second-order valence-electron chi connectivity index (χ2n) is 3.26. The third kappa shape index (κ3) is 4.83. The quantitative estimate of drug-likeness (QED) is 0.856. The van der Waals surface area contributed by atoms with E-state index in [1.165, 1.54) is 0 Å². The van der Waals surface area contributed by atoms with Gasteiger partial charge in [-0.15, -0.1) is 0 Å². The summed E-state index contributed by atoms with van der Waals surface area (Å²) in [5, 5.41) is 3.41. The Morgan fingerprint density at radius 1 is 1.47 bits per heavy atom. The Morgan fingerprint density at radius 3 is 2.73 bits per heavy atom. The molecule has 0 aliphatic rings. The molecule has 0 fully saturated rings. The van der Waals surface area contributed by atoms with Crippen molar-refractivity contribution in [1.29, 1.82) is 0 Å². The number of alkyl carbamates (subject to hydrolysis) is 1. The van der Waals surface area contributed by atoms with E-state index in [0.29, 0.717) is 11.9 Å². The summed E-state index contributed by atoms with van der Waals surface area (Å²) in [7, 11) is 0. The first-order valence-corrected chi connectivity index (χ1v) is 5.87. The van der Waals surface area contributed by atoms with Gasteiger partial charge in [-0.3, -0.25) is 0 Å². The van der Waals surface area contributed by atoms with Crippen molar-refractivity contribution >= 4 is 22.0 Å². The summed E-state index contributed by atoms with van der Waals surface area (Å²) < 4.78 is 5.03. The highest BCUT2D eigenvalue weighted by Gasteiger charge is 2.06. The zero-order valence-electron chi connectivity index (χ0n) is 8.57. The minimum absolute atomic E-state index is 0.0771. The van der Waals surface area contributed by atoms with Gasteiger partial charge in [-0.05, 0) is 12.5 Å². The number of nitrogens with one attached hydrogen (secondary N) is 1. The summed E-state index contributed by atoms with van der Waals surface area (Å²) in [6.07, 6.45) is -0.384. The standard InChI is InChI=1S/C11H14BrNO2/c1-9(7-12)13-11(14)15-8-10-5-3-2-4-6-10/h2-6,9H,7-8H2,1H3,(H,13,14). The van der Waals surface area contributed by atoms with Gasteiger partial charge in [0.1, 0.15) is 6.61 Å². The Morgan fingerprint density at radius 2 is 2.13 bits per heavy atom. The Balaban J connectivity index is 2.29. The number of halogens is 1. The first-order valence-electron chi connectivity index (χ1n) is 4.75. The van der Waals surface area contributed by atoms with Gasteiger partial charge < -0.3 is 10.1 Å². The highest BCUT2D eigenvalue weighted by molar-refractivity contribution is 9.09. The maximum absolute atomic E-state index is 11.2. The molecule has 0 saturated heterocycles. The molecule has 0 radical (unpaired) electrons. The fraction of sp³-hybridized carbons (Fsp3) is 0.364. The Bertz CT molecular complexity index is 303. The minimum atomic E-state index is -0.384. The number of rotatable bonds is 4. The molecule has 0 bridgehead atoms. The topological polar surface area (TPSA) is 38.3 Å². The van der Waals surface area contributed by atoms with E-state index in [-0.39, 0.29) is 12.1 Å². The van der Waals surface area contributed by atoms with Crippen LogP contribution in [0.2, 0.25) is 0 Å². The predicted octanol–water partition coefficient (Wildman–Crippen LogP) is 2.70. The fourth-order valence-corrected chi connectivity index (χ4v) is 1.17. The molecular weight excluding hydrogens is 258 g/mol. The summed E-state index contributed by atoms with van der Waals surface area (Å²) in [6.45, 7) is 2.21. The van der Waals surface area contributed by atoms with Gasteiger partial charge in [0.2, 0.25) is 0 Å². The van der Waals surface area contributed by atoms with Crippen LogP contribution in [0.15, 0.2) is 30.3 Å². The second kappa shape index (κ2) is 6.45. The zero-order chi connectivity index (χ0) is 11.1. The lowest BCUT2D eigenvalue weighted by Gasteiger charge is -2.10. The molecule has 4 heteroatoms. The van der Waals surface area contributed by atoms with E-state index in [4.69, 9.17) is 4.74 Å². The minimum Gasteiger partial charge on any atom is -0.445 e. The van der Waals surface area contributed by atoms with Crippen LogP contribution >= 0.6 is 15.9 Å². The molecule has 0 heterocycles. The molecule has 0 aromatic heterocycles. The lowest BCUT2D eigenvalue weighted by Crippen LogP contribution is -2.33. The van der Waals surface area contributed by atoms with E-state index in [1.807, 2.05) is 37.3 Å². The number of benzene rings is 1. The van der Waals surface area contributed by atoms with Crippen molar-refractivity contribution in [3.8, 4) is 0 Å². The average molecular weight is 272 g/mol. The van der Waals surface area contributed by atoms with E-state index in [9.17, 15) is 4.79 Å². The number of amides is 1. The summed E-state index contributed by atoms with van der Waals surface area (Å²) in [5.41, 5.74) is 0.985. The molecule has 0 aliphatic carbocycles. The van der Waals surface area contributed by atoms with Crippen LogP contribution in [0.25, 0.3) is 0 Å². The molecule has 0 aliphatic heterocycles. The third-order valence-electron chi connectivity index (χ3n) is 1.81. The molecule has 1 rings (SSSR count). The van der Waals surface area contributed by atoms with Gasteiger partial charge >= 0.3 is 6.09 Å². The van der Waals surface area contributed by atoms with Crippen molar-refractivity contribution < 1.29 is 9.53 Å². The van der Waals surface area contributed by atoms with Crippen LogP contribution in [0, 0.1) is 0 Å². The normalized spacial score (nSPS) is 11.9. The van der Waals surface area contributed by atoms with Crippen molar-refractivity contribution in [3.63, 3.8) is 0 Å². The second-order valence-corrected chi connectivity index (χ2v) is 3.91. The lowest BCUT2D eigenvalue weighted by molar-refractivity contribution is 0.137. The molecule has 1 amide bonds. The van der Waals surface area contributed by atoms with Crippen molar-refractivity contribution in [1.82, 2.24) is 5.32 Å². The van der Waals surface area contributed by atoms with Crippen LogP contribution < -0.4 is 5.32 Å². The van der Waals surface area contributed by atoms with Crippen molar-refractivity contribution in [2.45, 2.75) is 19.6 Å². The maximum atomic E-state index is 11.2. The zero-order valence-corrected chi connectivity index (χ0v) is 10.2. The van der Waals surface area contributed by atoms with Crippen LogP contribution in [-0.2, 0) is 11.3 Å². The first-order chi connectivity index (χ1) is 7.22. The molecule has 0 spiro atoms. The Hall–Kier alpha value is -1.03. The number of carbonyl (C=O) groups excluding carboxylic acids is 1.